The van der Waals surface area contributed by atoms with Crippen LogP contribution in [0.25, 0.3) is 11.3 Å². The van der Waals surface area contributed by atoms with Gasteiger partial charge in [-0.25, -0.2) is 9.97 Å². The second-order valence-electron chi connectivity index (χ2n) is 6.48. The summed E-state index contributed by atoms with van der Waals surface area (Å²) in [6.45, 7) is 2.36. The Labute approximate surface area is 174 Å². The molecule has 2 amide bonds. The number of nitrogens with one attached hydrogen (secondary N) is 3. The molecule has 1 aromatic heterocycles. The monoisotopic (exact) mass is 405 g/mol. The number of carbonyl (C=O) groups is 2. The van der Waals surface area contributed by atoms with Gasteiger partial charge in [0.05, 0.1) is 12.3 Å². The van der Waals surface area contributed by atoms with Crippen LogP contribution in [0.5, 0.6) is 0 Å². The molecule has 0 bridgehead atoms. The average Bonchev–Trinajstić information content (AvgIpc) is 2.74. The van der Waals surface area contributed by atoms with E-state index in [1.807, 2.05) is 30.3 Å². The van der Waals surface area contributed by atoms with E-state index in [1.54, 1.807) is 37.6 Å². The molecule has 154 valence electrons. The third-order valence-corrected chi connectivity index (χ3v) is 4.13. The fourth-order valence-corrected chi connectivity index (χ4v) is 2.74. The van der Waals surface area contributed by atoms with Crippen LogP contribution in [0.2, 0.25) is 0 Å². The highest BCUT2D eigenvalue weighted by Gasteiger charge is 2.08. The number of rotatable bonds is 8. The molecule has 8 heteroatoms. The highest BCUT2D eigenvalue weighted by atomic mass is 16.5. The summed E-state index contributed by atoms with van der Waals surface area (Å²) < 4.78 is 4.94. The summed E-state index contributed by atoms with van der Waals surface area (Å²) in [7, 11) is 1.59. The highest BCUT2D eigenvalue weighted by molar-refractivity contribution is 5.95. The smallest absolute Gasteiger partial charge is 0.251 e. The predicted molar refractivity (Wildman–Crippen MR) is 116 cm³/mol. The summed E-state index contributed by atoms with van der Waals surface area (Å²) >= 11 is 0. The summed E-state index contributed by atoms with van der Waals surface area (Å²) in [5.41, 5.74) is 3.57. The second-order valence-corrected chi connectivity index (χ2v) is 6.48. The molecule has 0 aliphatic heterocycles. The lowest BCUT2D eigenvalue weighted by Crippen LogP contribution is -2.26. The molecule has 2 aromatic carbocycles. The van der Waals surface area contributed by atoms with Gasteiger partial charge >= 0.3 is 0 Å². The maximum atomic E-state index is 12.2. The van der Waals surface area contributed by atoms with Crippen LogP contribution >= 0.6 is 0 Å². The SMILES string of the molecule is COCCNC(=O)c1cccc(Nc2nccc(-c3ccc(NC(C)=O)cc3)n2)c1. The van der Waals surface area contributed by atoms with E-state index in [-0.39, 0.29) is 11.8 Å². The zero-order valence-electron chi connectivity index (χ0n) is 16.8. The second kappa shape index (κ2) is 10.1. The van der Waals surface area contributed by atoms with Crippen molar-refractivity contribution in [2.75, 3.05) is 30.9 Å². The molecule has 0 unspecified atom stereocenters. The van der Waals surface area contributed by atoms with Crippen molar-refractivity contribution in [2.45, 2.75) is 6.92 Å². The van der Waals surface area contributed by atoms with Gasteiger partial charge in [0.15, 0.2) is 0 Å². The lowest BCUT2D eigenvalue weighted by atomic mass is 10.1. The van der Waals surface area contributed by atoms with Crippen molar-refractivity contribution < 1.29 is 14.3 Å². The molecular weight excluding hydrogens is 382 g/mol. The van der Waals surface area contributed by atoms with Gasteiger partial charge in [0, 0.05) is 49.3 Å². The standard InChI is InChI=1S/C22H23N5O3/c1-15(28)25-18-8-6-16(7-9-18)20-10-11-24-22(27-20)26-19-5-3-4-17(14-19)21(29)23-12-13-30-2/h3-11,14H,12-13H2,1-2H3,(H,23,29)(H,25,28)(H,24,26,27). The molecule has 0 aliphatic carbocycles. The first-order valence-corrected chi connectivity index (χ1v) is 9.40. The molecule has 8 nitrogen and oxygen atoms in total. The molecule has 3 N–H and O–H groups in total. The number of anilines is 3. The van der Waals surface area contributed by atoms with E-state index in [1.165, 1.54) is 6.92 Å². The van der Waals surface area contributed by atoms with Crippen LogP contribution in [0, 0.1) is 0 Å². The molecule has 0 aliphatic rings. The number of amides is 2. The van der Waals surface area contributed by atoms with E-state index >= 15 is 0 Å². The fourth-order valence-electron chi connectivity index (χ4n) is 2.74. The Bertz CT molecular complexity index is 1020. The minimum absolute atomic E-state index is 0.120. The summed E-state index contributed by atoms with van der Waals surface area (Å²) in [5, 5.41) is 8.65. The van der Waals surface area contributed by atoms with E-state index < -0.39 is 0 Å². The number of ether oxygens (including phenoxy) is 1. The number of hydrogen-bond acceptors (Lipinski definition) is 6. The van der Waals surface area contributed by atoms with Crippen molar-refractivity contribution in [2.24, 2.45) is 0 Å². The lowest BCUT2D eigenvalue weighted by molar-refractivity contribution is -0.114. The molecule has 0 saturated carbocycles. The van der Waals surface area contributed by atoms with E-state index in [4.69, 9.17) is 4.74 Å². The summed E-state index contributed by atoms with van der Waals surface area (Å²) in [6.07, 6.45) is 1.66. The van der Waals surface area contributed by atoms with Crippen molar-refractivity contribution in [1.82, 2.24) is 15.3 Å². The van der Waals surface area contributed by atoms with Crippen LogP contribution in [0.15, 0.2) is 60.8 Å². The first kappa shape index (κ1) is 20.9. The zero-order valence-corrected chi connectivity index (χ0v) is 16.8. The summed E-state index contributed by atoms with van der Waals surface area (Å²) in [6, 6.07) is 16.3. The van der Waals surface area contributed by atoms with Crippen molar-refractivity contribution in [3.8, 4) is 11.3 Å². The van der Waals surface area contributed by atoms with E-state index in [9.17, 15) is 9.59 Å². The van der Waals surface area contributed by atoms with Gasteiger partial charge < -0.3 is 20.7 Å². The number of carbonyl (C=O) groups excluding carboxylic acids is 2. The number of aromatic nitrogens is 2. The number of nitrogens with zero attached hydrogens (tertiary/aromatic N) is 2. The van der Waals surface area contributed by atoms with Crippen LogP contribution < -0.4 is 16.0 Å². The number of benzene rings is 2. The molecule has 0 saturated heterocycles. The molecule has 3 rings (SSSR count). The molecule has 0 radical (unpaired) electrons. The Morgan fingerprint density at radius 3 is 2.57 bits per heavy atom. The third kappa shape index (κ3) is 5.86. The van der Waals surface area contributed by atoms with Crippen molar-refractivity contribution >= 4 is 29.1 Å². The topological polar surface area (TPSA) is 105 Å². The average molecular weight is 405 g/mol. The molecule has 30 heavy (non-hydrogen) atoms. The van der Waals surface area contributed by atoms with Crippen LogP contribution in [0.1, 0.15) is 17.3 Å². The zero-order chi connectivity index (χ0) is 21.3. The predicted octanol–water partition coefficient (Wildman–Crippen LogP) is 3.22. The first-order valence-electron chi connectivity index (χ1n) is 9.40. The van der Waals surface area contributed by atoms with Crippen molar-refractivity contribution in [1.29, 1.82) is 0 Å². The number of hydrogen-bond donors (Lipinski definition) is 3. The van der Waals surface area contributed by atoms with Gasteiger partial charge in [-0.3, -0.25) is 9.59 Å². The summed E-state index contributed by atoms with van der Waals surface area (Å²) in [4.78, 5) is 32.1. The Morgan fingerprint density at radius 1 is 1.03 bits per heavy atom. The van der Waals surface area contributed by atoms with Gasteiger partial charge in [-0.15, -0.1) is 0 Å². The third-order valence-electron chi connectivity index (χ3n) is 4.13. The van der Waals surface area contributed by atoms with Gasteiger partial charge in [0.25, 0.3) is 5.91 Å². The molecule has 0 spiro atoms. The molecule has 3 aromatic rings. The Morgan fingerprint density at radius 2 is 1.83 bits per heavy atom. The van der Waals surface area contributed by atoms with E-state index in [2.05, 4.69) is 25.9 Å². The Balaban J connectivity index is 1.72. The molecule has 0 atom stereocenters. The van der Waals surface area contributed by atoms with E-state index in [0.717, 1.165) is 16.9 Å². The summed E-state index contributed by atoms with van der Waals surface area (Å²) in [5.74, 6) is 0.117. The normalized spacial score (nSPS) is 10.3. The van der Waals surface area contributed by atoms with Gasteiger partial charge in [-0.2, -0.15) is 0 Å². The fraction of sp³-hybridized carbons (Fsp3) is 0.182. The van der Waals surface area contributed by atoms with Gasteiger partial charge in [-0.05, 0) is 36.4 Å². The van der Waals surface area contributed by atoms with Crippen LogP contribution in [-0.4, -0.2) is 42.0 Å². The van der Waals surface area contributed by atoms with E-state index in [0.29, 0.717) is 30.4 Å². The van der Waals surface area contributed by atoms with Crippen LogP contribution in [0.3, 0.4) is 0 Å². The first-order chi connectivity index (χ1) is 14.5. The number of methoxy groups -OCH3 is 1. The minimum atomic E-state index is -0.176. The Kier molecular flexibility index (Phi) is 7.07. The van der Waals surface area contributed by atoms with Gasteiger partial charge in [0.1, 0.15) is 0 Å². The van der Waals surface area contributed by atoms with Gasteiger partial charge in [-0.1, -0.05) is 18.2 Å². The largest absolute Gasteiger partial charge is 0.383 e. The Hall–Kier alpha value is -3.78. The quantitative estimate of drug-likeness (QED) is 0.497. The van der Waals surface area contributed by atoms with Crippen LogP contribution in [0.4, 0.5) is 17.3 Å². The van der Waals surface area contributed by atoms with Crippen molar-refractivity contribution in [3.05, 3.63) is 66.4 Å². The molecule has 0 fully saturated rings. The van der Waals surface area contributed by atoms with Gasteiger partial charge in [0.2, 0.25) is 11.9 Å². The molecular formula is C22H23N5O3. The lowest BCUT2D eigenvalue weighted by Gasteiger charge is -2.09. The minimum Gasteiger partial charge on any atom is -0.383 e. The maximum Gasteiger partial charge on any atom is 0.251 e. The van der Waals surface area contributed by atoms with Crippen molar-refractivity contribution in [3.63, 3.8) is 0 Å². The van der Waals surface area contributed by atoms with Crippen LogP contribution in [-0.2, 0) is 9.53 Å². The highest BCUT2D eigenvalue weighted by Crippen LogP contribution is 2.22. The molecule has 1 heterocycles. The maximum absolute atomic E-state index is 12.2.